The van der Waals surface area contributed by atoms with Crippen molar-refractivity contribution < 1.29 is 17.7 Å². The fraction of sp³-hybridized carbons (Fsp3) is 0.105. The van der Waals surface area contributed by atoms with E-state index in [-0.39, 0.29) is 28.7 Å². The average Bonchev–Trinajstić information content (AvgIpc) is 3.30. The van der Waals surface area contributed by atoms with E-state index in [0.29, 0.717) is 16.1 Å². The zero-order chi connectivity index (χ0) is 20.8. The van der Waals surface area contributed by atoms with Crippen molar-refractivity contribution in [2.24, 2.45) is 0 Å². The van der Waals surface area contributed by atoms with E-state index >= 15 is 0 Å². The minimum Gasteiger partial charge on any atom is -0.340 e. The van der Waals surface area contributed by atoms with Gasteiger partial charge in [0.2, 0.25) is 0 Å². The molecule has 0 aliphatic rings. The predicted octanol–water partition coefficient (Wildman–Crippen LogP) is 5.94. The highest BCUT2D eigenvalue weighted by Crippen LogP contribution is 2.38. The molecule has 0 unspecified atom stereocenters. The molecule has 4 aromatic rings. The summed E-state index contributed by atoms with van der Waals surface area (Å²) >= 11 is 12.1. The van der Waals surface area contributed by atoms with Gasteiger partial charge in [0.05, 0.1) is 39.3 Å². The molecule has 0 amide bonds. The standard InChI is InChI=1S/C19H9Cl2F3N4O/c20-13-3-1-2-12(17(13)21)18-26-15(27-29-18)9-28-7-6-11-14(28)5-4-10(8-25)16(11)19(22,23)24/h1-7H,9H2. The first-order valence-corrected chi connectivity index (χ1v) is 8.91. The predicted molar refractivity (Wildman–Crippen MR) is 101 cm³/mol. The minimum atomic E-state index is -4.65. The Kier molecular flexibility index (Phi) is 4.73. The van der Waals surface area contributed by atoms with Gasteiger partial charge in [-0.05, 0) is 30.3 Å². The summed E-state index contributed by atoms with van der Waals surface area (Å²) < 4.78 is 47.1. The number of hydrogen-bond donors (Lipinski definition) is 0. The van der Waals surface area contributed by atoms with E-state index in [0.717, 1.165) is 6.07 Å². The molecule has 0 spiro atoms. The van der Waals surface area contributed by atoms with Crippen LogP contribution in [-0.2, 0) is 12.7 Å². The second-order valence-corrected chi connectivity index (χ2v) is 6.88. The molecule has 2 heterocycles. The van der Waals surface area contributed by atoms with Gasteiger partial charge in [0.15, 0.2) is 5.82 Å². The Labute approximate surface area is 171 Å². The Morgan fingerprint density at radius 1 is 1.14 bits per heavy atom. The van der Waals surface area contributed by atoms with Gasteiger partial charge in [-0.15, -0.1) is 0 Å². The van der Waals surface area contributed by atoms with Crippen LogP contribution >= 0.6 is 23.2 Å². The van der Waals surface area contributed by atoms with Crippen LogP contribution in [0.25, 0.3) is 22.4 Å². The maximum atomic E-state index is 13.4. The number of aromatic nitrogens is 3. The van der Waals surface area contributed by atoms with E-state index in [1.807, 2.05) is 0 Å². The van der Waals surface area contributed by atoms with Gasteiger partial charge < -0.3 is 9.09 Å². The summed E-state index contributed by atoms with van der Waals surface area (Å²) in [5.41, 5.74) is -0.646. The lowest BCUT2D eigenvalue weighted by atomic mass is 10.0. The lowest BCUT2D eigenvalue weighted by molar-refractivity contribution is -0.136. The molecular formula is C19H9Cl2F3N4O. The molecule has 2 aromatic heterocycles. The average molecular weight is 437 g/mol. The molecule has 4 rings (SSSR count). The van der Waals surface area contributed by atoms with Crippen LogP contribution in [0.15, 0.2) is 47.1 Å². The highest BCUT2D eigenvalue weighted by molar-refractivity contribution is 6.43. The lowest BCUT2D eigenvalue weighted by Gasteiger charge is -2.11. The van der Waals surface area contributed by atoms with Crippen molar-refractivity contribution >= 4 is 34.1 Å². The third-order valence-corrected chi connectivity index (χ3v) is 5.14. The quantitative estimate of drug-likeness (QED) is 0.398. The normalized spacial score (nSPS) is 11.7. The summed E-state index contributed by atoms with van der Waals surface area (Å²) in [6.45, 7) is 0.0639. The van der Waals surface area contributed by atoms with Crippen LogP contribution in [0.1, 0.15) is 17.0 Å². The Morgan fingerprint density at radius 3 is 2.66 bits per heavy atom. The molecule has 0 saturated carbocycles. The van der Waals surface area contributed by atoms with Crippen molar-refractivity contribution in [2.45, 2.75) is 12.7 Å². The van der Waals surface area contributed by atoms with Gasteiger partial charge in [-0.1, -0.05) is 34.4 Å². The molecule has 0 aliphatic heterocycles. The first-order chi connectivity index (χ1) is 13.8. The molecule has 0 atom stereocenters. The SMILES string of the molecule is N#Cc1ccc2c(ccn2Cc2noc(-c3cccc(Cl)c3Cl)n2)c1C(F)(F)F. The first-order valence-electron chi connectivity index (χ1n) is 8.15. The highest BCUT2D eigenvalue weighted by atomic mass is 35.5. The van der Waals surface area contributed by atoms with E-state index < -0.39 is 17.3 Å². The second-order valence-electron chi connectivity index (χ2n) is 6.09. The van der Waals surface area contributed by atoms with E-state index in [1.165, 1.54) is 18.3 Å². The van der Waals surface area contributed by atoms with E-state index in [9.17, 15) is 13.2 Å². The molecule has 0 saturated heterocycles. The smallest absolute Gasteiger partial charge is 0.340 e. The van der Waals surface area contributed by atoms with Gasteiger partial charge in [0, 0.05) is 17.1 Å². The fourth-order valence-corrected chi connectivity index (χ4v) is 3.44. The summed E-state index contributed by atoms with van der Waals surface area (Å²) in [5.74, 6) is 0.387. The maximum absolute atomic E-state index is 13.4. The van der Waals surface area contributed by atoms with Gasteiger partial charge in [-0.25, -0.2) is 0 Å². The van der Waals surface area contributed by atoms with Crippen molar-refractivity contribution in [3.8, 4) is 17.5 Å². The fourth-order valence-electron chi connectivity index (χ4n) is 3.06. The number of nitrogens with zero attached hydrogens (tertiary/aromatic N) is 4. The van der Waals surface area contributed by atoms with Crippen LogP contribution in [0.3, 0.4) is 0 Å². The number of rotatable bonds is 3. The number of hydrogen-bond acceptors (Lipinski definition) is 4. The summed E-state index contributed by atoms with van der Waals surface area (Å²) in [4.78, 5) is 4.25. The van der Waals surface area contributed by atoms with Crippen LogP contribution in [-0.4, -0.2) is 14.7 Å². The third-order valence-electron chi connectivity index (χ3n) is 4.32. The van der Waals surface area contributed by atoms with Crippen molar-refractivity contribution in [1.29, 1.82) is 5.26 Å². The minimum absolute atomic E-state index is 0.0639. The molecule has 2 aromatic carbocycles. The first kappa shape index (κ1) is 19.3. The molecule has 146 valence electrons. The molecule has 0 fully saturated rings. The van der Waals surface area contributed by atoms with Crippen molar-refractivity contribution in [3.63, 3.8) is 0 Å². The molecule has 5 nitrogen and oxygen atoms in total. The van der Waals surface area contributed by atoms with Gasteiger partial charge in [0.1, 0.15) is 0 Å². The molecule has 10 heteroatoms. The van der Waals surface area contributed by atoms with E-state index in [4.69, 9.17) is 33.0 Å². The molecule has 0 N–H and O–H groups in total. The Balaban J connectivity index is 1.72. The Bertz CT molecular complexity index is 1270. The Hall–Kier alpha value is -3.02. The Morgan fingerprint density at radius 2 is 1.93 bits per heavy atom. The number of benzene rings is 2. The van der Waals surface area contributed by atoms with Crippen LogP contribution < -0.4 is 0 Å². The van der Waals surface area contributed by atoms with Crippen LogP contribution in [0.2, 0.25) is 10.0 Å². The van der Waals surface area contributed by atoms with Gasteiger partial charge in [0.25, 0.3) is 5.89 Å². The summed E-state index contributed by atoms with van der Waals surface area (Å²) in [6, 6.07) is 10.5. The molecular weight excluding hydrogens is 428 g/mol. The monoisotopic (exact) mass is 436 g/mol. The van der Waals surface area contributed by atoms with Crippen LogP contribution in [0.5, 0.6) is 0 Å². The number of fused-ring (bicyclic) bond motifs is 1. The molecule has 0 aliphatic carbocycles. The number of halogens is 5. The third kappa shape index (κ3) is 3.43. The lowest BCUT2D eigenvalue weighted by Crippen LogP contribution is -2.09. The topological polar surface area (TPSA) is 67.6 Å². The molecule has 0 radical (unpaired) electrons. The summed E-state index contributed by atoms with van der Waals surface area (Å²) in [6.07, 6.45) is -3.18. The van der Waals surface area contributed by atoms with Gasteiger partial charge in [-0.2, -0.15) is 23.4 Å². The maximum Gasteiger partial charge on any atom is 0.418 e. The van der Waals surface area contributed by atoms with Crippen molar-refractivity contribution in [2.75, 3.05) is 0 Å². The zero-order valence-electron chi connectivity index (χ0n) is 14.3. The summed E-state index contributed by atoms with van der Waals surface area (Å²) in [5, 5.41) is 13.4. The largest absolute Gasteiger partial charge is 0.418 e. The van der Waals surface area contributed by atoms with E-state index in [2.05, 4.69) is 10.1 Å². The second kappa shape index (κ2) is 7.10. The van der Waals surface area contributed by atoms with Crippen LogP contribution in [0, 0.1) is 11.3 Å². The van der Waals surface area contributed by atoms with Gasteiger partial charge in [-0.3, -0.25) is 0 Å². The molecule has 0 bridgehead atoms. The number of alkyl halides is 3. The highest BCUT2D eigenvalue weighted by Gasteiger charge is 2.36. The van der Waals surface area contributed by atoms with Gasteiger partial charge >= 0.3 is 6.18 Å². The zero-order valence-corrected chi connectivity index (χ0v) is 15.8. The van der Waals surface area contributed by atoms with Crippen molar-refractivity contribution in [1.82, 2.24) is 14.7 Å². The van der Waals surface area contributed by atoms with E-state index in [1.54, 1.807) is 28.8 Å². The van der Waals surface area contributed by atoms with Crippen molar-refractivity contribution in [3.05, 3.63) is 69.6 Å². The van der Waals surface area contributed by atoms with Crippen LogP contribution in [0.4, 0.5) is 13.2 Å². The molecule has 29 heavy (non-hydrogen) atoms. The summed E-state index contributed by atoms with van der Waals surface area (Å²) in [7, 11) is 0. The number of nitriles is 1.